The fourth-order valence-electron chi connectivity index (χ4n) is 0.861. The maximum atomic E-state index is 10.9. The van der Waals surface area contributed by atoms with Crippen molar-refractivity contribution in [3.05, 3.63) is 33.8 Å². The number of hydrogen-bond donors (Lipinski definition) is 0. The van der Waals surface area contributed by atoms with Crippen LogP contribution in [0.2, 0.25) is 10.0 Å². The van der Waals surface area contributed by atoms with Crippen LogP contribution in [0.4, 0.5) is 0 Å². The highest BCUT2D eigenvalue weighted by molar-refractivity contribution is 6.36. The molecule has 0 N–H and O–H groups in total. The van der Waals surface area contributed by atoms with Crippen LogP contribution in [0.25, 0.3) is 0 Å². The lowest BCUT2D eigenvalue weighted by Gasteiger charge is -1.97. The van der Waals surface area contributed by atoms with E-state index in [1.807, 2.05) is 0 Å². The van der Waals surface area contributed by atoms with E-state index in [2.05, 4.69) is 4.99 Å². The largest absolute Gasteiger partial charge is 0.271 e. The zero-order chi connectivity index (χ0) is 11.3. The Morgan fingerprint density at radius 3 is 2.87 bits per heavy atom. The first-order chi connectivity index (χ1) is 7.13. The second kappa shape index (κ2) is 5.50. The van der Waals surface area contributed by atoms with Crippen LogP contribution < -0.4 is 0 Å². The number of carbonyl (C=O) groups excluding carboxylic acids is 1. The minimum absolute atomic E-state index is 0.234. The zero-order valence-corrected chi connectivity index (χ0v) is 9.09. The number of rotatable bonds is 2. The summed E-state index contributed by atoms with van der Waals surface area (Å²) in [5.74, 6) is -0.497. The van der Waals surface area contributed by atoms with Crippen molar-refractivity contribution in [2.24, 2.45) is 4.99 Å². The van der Waals surface area contributed by atoms with E-state index in [0.717, 1.165) is 0 Å². The monoisotopic (exact) mass is 240 g/mol. The van der Waals surface area contributed by atoms with Crippen LogP contribution in [0.15, 0.2) is 23.2 Å². The molecule has 5 heteroatoms. The van der Waals surface area contributed by atoms with Gasteiger partial charge in [0.2, 0.25) is 0 Å². The van der Waals surface area contributed by atoms with Crippen molar-refractivity contribution in [3.8, 4) is 6.07 Å². The molecule has 0 bridgehead atoms. The van der Waals surface area contributed by atoms with Gasteiger partial charge in [-0.15, -0.1) is 0 Å². The van der Waals surface area contributed by atoms with Gasteiger partial charge in [-0.3, -0.25) is 4.79 Å². The lowest BCUT2D eigenvalue weighted by Crippen LogP contribution is -1.92. The normalized spacial score (nSPS) is 10.2. The number of benzene rings is 1. The predicted octanol–water partition coefficient (Wildman–Crippen LogP) is 2.85. The van der Waals surface area contributed by atoms with Crippen molar-refractivity contribution < 1.29 is 4.79 Å². The second-order valence-corrected chi connectivity index (χ2v) is 3.50. The highest BCUT2D eigenvalue weighted by Crippen LogP contribution is 2.19. The molecular formula is C10H6Cl2N2O. The SMILES string of the molecule is N#CCC(=O)N=Cc1ccc(Cl)cc1Cl. The van der Waals surface area contributed by atoms with E-state index in [4.69, 9.17) is 28.5 Å². The van der Waals surface area contributed by atoms with Gasteiger partial charge in [-0.1, -0.05) is 29.3 Å². The van der Waals surface area contributed by atoms with Crippen LogP contribution in [-0.2, 0) is 4.79 Å². The quantitative estimate of drug-likeness (QED) is 0.747. The van der Waals surface area contributed by atoms with Gasteiger partial charge in [0.15, 0.2) is 0 Å². The summed E-state index contributed by atoms with van der Waals surface area (Å²) in [6.07, 6.45) is 1.08. The Labute approximate surface area is 96.9 Å². The first kappa shape index (κ1) is 11.7. The molecule has 0 aliphatic heterocycles. The average molecular weight is 241 g/mol. The molecule has 0 heterocycles. The van der Waals surface area contributed by atoms with Crippen LogP contribution in [-0.4, -0.2) is 12.1 Å². The number of amides is 1. The number of halogens is 2. The Kier molecular flexibility index (Phi) is 4.29. The molecule has 15 heavy (non-hydrogen) atoms. The summed E-state index contributed by atoms with van der Waals surface area (Å²) in [5, 5.41) is 9.16. The van der Waals surface area contributed by atoms with Crippen LogP contribution in [0.1, 0.15) is 12.0 Å². The number of aliphatic imine (C=N–C) groups is 1. The molecule has 0 saturated heterocycles. The van der Waals surface area contributed by atoms with E-state index in [1.54, 1.807) is 24.3 Å². The average Bonchev–Trinajstić information content (AvgIpc) is 2.17. The molecule has 76 valence electrons. The summed E-state index contributed by atoms with van der Waals surface area (Å²) < 4.78 is 0. The van der Waals surface area contributed by atoms with Gasteiger partial charge in [0.05, 0.1) is 11.1 Å². The smallest absolute Gasteiger partial charge is 0.259 e. The van der Waals surface area contributed by atoms with Gasteiger partial charge in [-0.25, -0.2) is 4.99 Å². The van der Waals surface area contributed by atoms with E-state index in [1.165, 1.54) is 6.21 Å². The van der Waals surface area contributed by atoms with Crippen molar-refractivity contribution in [2.45, 2.75) is 6.42 Å². The van der Waals surface area contributed by atoms with E-state index in [9.17, 15) is 4.79 Å². The van der Waals surface area contributed by atoms with Crippen molar-refractivity contribution in [2.75, 3.05) is 0 Å². The molecule has 0 aliphatic rings. The highest BCUT2D eigenvalue weighted by Gasteiger charge is 1.99. The summed E-state index contributed by atoms with van der Waals surface area (Å²) in [7, 11) is 0. The van der Waals surface area contributed by atoms with E-state index >= 15 is 0 Å². The zero-order valence-electron chi connectivity index (χ0n) is 7.58. The van der Waals surface area contributed by atoms with Crippen molar-refractivity contribution in [1.29, 1.82) is 5.26 Å². The summed E-state index contributed by atoms with van der Waals surface area (Å²) in [6.45, 7) is 0. The molecule has 0 spiro atoms. The lowest BCUT2D eigenvalue weighted by molar-refractivity contribution is -0.116. The van der Waals surface area contributed by atoms with Crippen LogP contribution in [0.5, 0.6) is 0 Å². The van der Waals surface area contributed by atoms with Crippen molar-refractivity contribution in [3.63, 3.8) is 0 Å². The minimum atomic E-state index is -0.497. The third kappa shape index (κ3) is 3.70. The van der Waals surface area contributed by atoms with E-state index in [-0.39, 0.29) is 6.42 Å². The van der Waals surface area contributed by atoms with Gasteiger partial charge < -0.3 is 0 Å². The molecule has 1 aromatic carbocycles. The molecule has 0 atom stereocenters. The number of carbonyl (C=O) groups is 1. The molecule has 0 radical (unpaired) electrons. The Hall–Kier alpha value is -1.37. The third-order valence-corrected chi connectivity index (χ3v) is 2.10. The maximum Gasteiger partial charge on any atom is 0.259 e. The number of hydrogen-bond acceptors (Lipinski definition) is 2. The van der Waals surface area contributed by atoms with Gasteiger partial charge in [0.25, 0.3) is 5.91 Å². The molecule has 1 amide bonds. The molecule has 0 aromatic heterocycles. The second-order valence-electron chi connectivity index (χ2n) is 2.65. The summed E-state index contributed by atoms with van der Waals surface area (Å²) in [6, 6.07) is 6.55. The first-order valence-electron chi connectivity index (χ1n) is 4.02. The molecule has 3 nitrogen and oxygen atoms in total. The van der Waals surface area contributed by atoms with Gasteiger partial charge >= 0.3 is 0 Å². The lowest BCUT2D eigenvalue weighted by atomic mass is 10.2. The van der Waals surface area contributed by atoms with Crippen LogP contribution in [0, 0.1) is 11.3 Å². The summed E-state index contributed by atoms with van der Waals surface area (Å²) in [4.78, 5) is 14.5. The highest BCUT2D eigenvalue weighted by atomic mass is 35.5. The maximum absolute atomic E-state index is 10.9. The van der Waals surface area contributed by atoms with Gasteiger partial charge in [0, 0.05) is 16.8 Å². The van der Waals surface area contributed by atoms with Crippen molar-refractivity contribution in [1.82, 2.24) is 0 Å². The molecule has 0 saturated carbocycles. The van der Waals surface area contributed by atoms with Crippen LogP contribution >= 0.6 is 23.2 Å². The fourth-order valence-corrected chi connectivity index (χ4v) is 1.32. The van der Waals surface area contributed by atoms with E-state index < -0.39 is 5.91 Å². The Bertz CT molecular complexity index is 449. The van der Waals surface area contributed by atoms with Crippen LogP contribution in [0.3, 0.4) is 0 Å². The predicted molar refractivity (Wildman–Crippen MR) is 59.3 cm³/mol. The molecule has 1 rings (SSSR count). The molecule has 0 unspecified atom stereocenters. The summed E-state index contributed by atoms with van der Waals surface area (Å²) in [5.41, 5.74) is 0.590. The topological polar surface area (TPSA) is 53.2 Å². The van der Waals surface area contributed by atoms with E-state index in [0.29, 0.717) is 15.6 Å². The Morgan fingerprint density at radius 2 is 2.27 bits per heavy atom. The minimum Gasteiger partial charge on any atom is -0.271 e. The first-order valence-corrected chi connectivity index (χ1v) is 4.78. The van der Waals surface area contributed by atoms with Crippen molar-refractivity contribution >= 4 is 35.3 Å². The molecule has 1 aromatic rings. The third-order valence-electron chi connectivity index (χ3n) is 1.54. The summed E-state index contributed by atoms with van der Waals surface area (Å²) >= 11 is 11.5. The fraction of sp³-hybridized carbons (Fsp3) is 0.100. The van der Waals surface area contributed by atoms with Gasteiger partial charge in [-0.05, 0) is 12.1 Å². The molecular weight excluding hydrogens is 235 g/mol. The molecule has 0 aliphatic carbocycles. The standard InChI is InChI=1S/C10H6Cl2N2O/c11-8-2-1-7(9(12)5-8)6-14-10(15)3-4-13/h1-2,5-6H,3H2. The number of nitriles is 1. The molecule has 0 fully saturated rings. The number of nitrogens with zero attached hydrogens (tertiary/aromatic N) is 2. The Morgan fingerprint density at radius 1 is 1.53 bits per heavy atom. The Balaban J connectivity index is 2.82. The van der Waals surface area contributed by atoms with Gasteiger partial charge in [-0.2, -0.15) is 5.26 Å². The van der Waals surface area contributed by atoms with Gasteiger partial charge in [0.1, 0.15) is 6.42 Å².